The summed E-state index contributed by atoms with van der Waals surface area (Å²) in [5, 5.41) is 9.00. The molecule has 0 saturated carbocycles. The third-order valence-electron chi connectivity index (χ3n) is 7.78. The summed E-state index contributed by atoms with van der Waals surface area (Å²) in [4.78, 5) is 31.4. The summed E-state index contributed by atoms with van der Waals surface area (Å²) in [5.74, 6) is -0.162. The molecule has 2 aliphatic heterocycles. The predicted molar refractivity (Wildman–Crippen MR) is 151 cm³/mol. The van der Waals surface area contributed by atoms with Crippen LogP contribution in [0.5, 0.6) is 0 Å². The summed E-state index contributed by atoms with van der Waals surface area (Å²) >= 11 is 0. The van der Waals surface area contributed by atoms with Crippen LogP contribution in [-0.2, 0) is 27.4 Å². The zero-order valence-corrected chi connectivity index (χ0v) is 22.8. The van der Waals surface area contributed by atoms with Gasteiger partial charge in [0.15, 0.2) is 0 Å². The van der Waals surface area contributed by atoms with E-state index >= 15 is 0 Å². The SMILES string of the molecule is Cc1cc2[nH]c(=O)c3cnn(C4CCOCC4)c3c2cc1C(=O)NCc1cccc(COCN2CCOCC2)c1. The summed E-state index contributed by atoms with van der Waals surface area (Å²) < 4.78 is 18.8. The van der Waals surface area contributed by atoms with Gasteiger partial charge in [-0.1, -0.05) is 24.3 Å². The van der Waals surface area contributed by atoms with Crippen LogP contribution in [-0.4, -0.2) is 71.8 Å². The average molecular weight is 546 g/mol. The maximum atomic E-state index is 13.4. The monoisotopic (exact) mass is 545 g/mol. The first-order chi connectivity index (χ1) is 19.6. The molecular weight excluding hydrogens is 510 g/mol. The Morgan fingerprint density at radius 3 is 2.67 bits per heavy atom. The molecule has 210 valence electrons. The molecule has 10 heteroatoms. The van der Waals surface area contributed by atoms with E-state index < -0.39 is 0 Å². The quantitative estimate of drug-likeness (QED) is 0.350. The van der Waals surface area contributed by atoms with Gasteiger partial charge < -0.3 is 24.5 Å². The molecule has 0 atom stereocenters. The molecule has 4 heterocycles. The number of carbonyl (C=O) groups is 1. The number of nitrogens with one attached hydrogen (secondary N) is 2. The molecule has 0 radical (unpaired) electrons. The number of hydrogen-bond donors (Lipinski definition) is 2. The lowest BCUT2D eigenvalue weighted by Gasteiger charge is -2.26. The van der Waals surface area contributed by atoms with Gasteiger partial charge in [-0.25, -0.2) is 0 Å². The highest BCUT2D eigenvalue weighted by Gasteiger charge is 2.22. The Morgan fingerprint density at radius 1 is 1.07 bits per heavy atom. The second-order valence-corrected chi connectivity index (χ2v) is 10.6. The fourth-order valence-corrected chi connectivity index (χ4v) is 5.57. The molecule has 2 aliphatic rings. The molecule has 2 aromatic carbocycles. The topological polar surface area (TPSA) is 111 Å². The molecule has 6 rings (SSSR count). The van der Waals surface area contributed by atoms with E-state index in [1.54, 1.807) is 6.20 Å². The van der Waals surface area contributed by atoms with Crippen LogP contribution in [0.3, 0.4) is 0 Å². The first-order valence-electron chi connectivity index (χ1n) is 13.9. The number of ether oxygens (including phenoxy) is 3. The molecule has 0 spiro atoms. The van der Waals surface area contributed by atoms with E-state index in [0.717, 1.165) is 66.7 Å². The maximum absolute atomic E-state index is 13.4. The van der Waals surface area contributed by atoms with Crippen LogP contribution in [0.2, 0.25) is 0 Å². The third-order valence-corrected chi connectivity index (χ3v) is 7.78. The van der Waals surface area contributed by atoms with E-state index in [4.69, 9.17) is 14.2 Å². The summed E-state index contributed by atoms with van der Waals surface area (Å²) in [6.45, 7) is 7.99. The van der Waals surface area contributed by atoms with Gasteiger partial charge in [0, 0.05) is 43.8 Å². The van der Waals surface area contributed by atoms with Crippen molar-refractivity contribution in [3.05, 3.63) is 75.2 Å². The van der Waals surface area contributed by atoms with Crippen LogP contribution in [0.1, 0.15) is 45.9 Å². The van der Waals surface area contributed by atoms with Crippen molar-refractivity contribution in [3.8, 4) is 0 Å². The van der Waals surface area contributed by atoms with Gasteiger partial charge in [-0.2, -0.15) is 5.10 Å². The number of aryl methyl sites for hydroxylation is 1. The Bertz CT molecular complexity index is 1570. The van der Waals surface area contributed by atoms with Crippen LogP contribution in [0.15, 0.2) is 47.4 Å². The van der Waals surface area contributed by atoms with Crippen LogP contribution in [0.4, 0.5) is 0 Å². The van der Waals surface area contributed by atoms with Crippen molar-refractivity contribution < 1.29 is 19.0 Å². The number of carbonyl (C=O) groups excluding carboxylic acids is 1. The Morgan fingerprint density at radius 2 is 1.85 bits per heavy atom. The minimum absolute atomic E-state index is 0.153. The van der Waals surface area contributed by atoms with Crippen molar-refractivity contribution in [2.45, 2.75) is 39.0 Å². The molecule has 2 fully saturated rings. The Hall–Kier alpha value is -3.57. The molecular formula is C30H35N5O5. The van der Waals surface area contributed by atoms with Gasteiger partial charge in [-0.15, -0.1) is 0 Å². The van der Waals surface area contributed by atoms with Crippen LogP contribution >= 0.6 is 0 Å². The number of nitrogens with zero attached hydrogens (tertiary/aromatic N) is 3. The standard InChI is InChI=1S/C30H35N5O5/c1-20-13-27-25(28-26(30(37)33-27)17-32-35(28)23-5-9-38-10-6-23)15-24(20)29(36)31-16-21-3-2-4-22(14-21)18-40-19-34-7-11-39-12-8-34/h2-4,13-15,17,23H,5-12,16,18-19H2,1H3,(H,31,36)(H,33,37). The number of morpholine rings is 1. The first kappa shape index (κ1) is 26.6. The van der Waals surface area contributed by atoms with Crippen LogP contribution in [0.25, 0.3) is 21.8 Å². The average Bonchev–Trinajstić information content (AvgIpc) is 3.43. The number of fused-ring (bicyclic) bond motifs is 3. The highest BCUT2D eigenvalue weighted by molar-refractivity contribution is 6.07. The lowest BCUT2D eigenvalue weighted by atomic mass is 10.0. The second-order valence-electron chi connectivity index (χ2n) is 10.6. The predicted octanol–water partition coefficient (Wildman–Crippen LogP) is 3.27. The lowest BCUT2D eigenvalue weighted by Crippen LogP contribution is -2.37. The van der Waals surface area contributed by atoms with E-state index in [2.05, 4.69) is 26.4 Å². The molecule has 1 amide bonds. The number of H-pyrrole nitrogens is 1. The number of rotatable bonds is 8. The number of aromatic amines is 1. The number of amides is 1. The van der Waals surface area contributed by atoms with E-state index in [0.29, 0.717) is 49.6 Å². The van der Waals surface area contributed by atoms with Crippen LogP contribution in [0, 0.1) is 6.92 Å². The van der Waals surface area contributed by atoms with Gasteiger partial charge in [0.2, 0.25) is 0 Å². The van der Waals surface area contributed by atoms with Crippen molar-refractivity contribution in [3.63, 3.8) is 0 Å². The highest BCUT2D eigenvalue weighted by Crippen LogP contribution is 2.30. The molecule has 0 bridgehead atoms. The molecule has 2 N–H and O–H groups in total. The second kappa shape index (κ2) is 11.9. The molecule has 2 saturated heterocycles. The Kier molecular flexibility index (Phi) is 7.92. The number of pyridine rings is 1. The third kappa shape index (κ3) is 5.66. The first-order valence-corrected chi connectivity index (χ1v) is 13.9. The van der Waals surface area contributed by atoms with Gasteiger partial charge in [-0.3, -0.25) is 19.2 Å². The van der Waals surface area contributed by atoms with Gasteiger partial charge in [0.05, 0.1) is 55.2 Å². The zero-order valence-electron chi connectivity index (χ0n) is 22.8. The van der Waals surface area contributed by atoms with Gasteiger partial charge in [0.25, 0.3) is 11.5 Å². The van der Waals surface area contributed by atoms with Crippen LogP contribution < -0.4 is 10.9 Å². The van der Waals surface area contributed by atoms with Crippen molar-refractivity contribution in [2.75, 3.05) is 46.2 Å². The summed E-state index contributed by atoms with van der Waals surface area (Å²) in [7, 11) is 0. The normalized spacial score (nSPS) is 17.0. The number of hydrogen-bond acceptors (Lipinski definition) is 7. The van der Waals surface area contributed by atoms with E-state index in [1.807, 2.05) is 41.9 Å². The van der Waals surface area contributed by atoms with Crippen molar-refractivity contribution >= 4 is 27.7 Å². The largest absolute Gasteiger partial charge is 0.381 e. The molecule has 2 aromatic heterocycles. The minimum Gasteiger partial charge on any atom is -0.381 e. The maximum Gasteiger partial charge on any atom is 0.259 e. The van der Waals surface area contributed by atoms with E-state index in [1.165, 1.54) is 0 Å². The molecule has 40 heavy (non-hydrogen) atoms. The smallest absolute Gasteiger partial charge is 0.259 e. The van der Waals surface area contributed by atoms with Crippen molar-refractivity contribution in [2.24, 2.45) is 0 Å². The number of aromatic nitrogens is 3. The molecule has 0 unspecified atom stereocenters. The fourth-order valence-electron chi connectivity index (χ4n) is 5.57. The molecule has 10 nitrogen and oxygen atoms in total. The summed E-state index contributed by atoms with van der Waals surface area (Å²) in [6.07, 6.45) is 3.30. The van der Waals surface area contributed by atoms with Gasteiger partial charge in [0.1, 0.15) is 0 Å². The Balaban J connectivity index is 1.19. The highest BCUT2D eigenvalue weighted by atomic mass is 16.5. The molecule has 4 aromatic rings. The zero-order chi connectivity index (χ0) is 27.5. The van der Waals surface area contributed by atoms with E-state index in [9.17, 15) is 9.59 Å². The fraction of sp³-hybridized carbons (Fsp3) is 0.433. The van der Waals surface area contributed by atoms with Crippen molar-refractivity contribution in [1.82, 2.24) is 25.0 Å². The van der Waals surface area contributed by atoms with E-state index in [-0.39, 0.29) is 17.5 Å². The van der Waals surface area contributed by atoms with Crippen molar-refractivity contribution in [1.29, 1.82) is 0 Å². The van der Waals surface area contributed by atoms with Gasteiger partial charge >= 0.3 is 0 Å². The molecule has 0 aliphatic carbocycles. The summed E-state index contributed by atoms with van der Waals surface area (Å²) in [5.41, 5.74) is 4.73. The lowest BCUT2D eigenvalue weighted by molar-refractivity contribution is -0.0379. The van der Waals surface area contributed by atoms with Gasteiger partial charge in [-0.05, 0) is 48.6 Å². The Labute approximate surface area is 232 Å². The summed E-state index contributed by atoms with van der Waals surface area (Å²) in [6, 6.07) is 12.0. The number of benzene rings is 2. The minimum atomic E-state index is -0.175.